The molecule has 0 bridgehead atoms. The molecule has 0 saturated carbocycles. The maximum atomic E-state index is 12.6. The Kier molecular flexibility index (Phi) is 3.75. The Labute approximate surface area is 147 Å². The SMILES string of the molecule is O=C(c1ccccc1)c1ccc2nc(-c3ccccc3Br)[nH]c2c1. The molecule has 0 aliphatic rings. The van der Waals surface area contributed by atoms with Crippen molar-refractivity contribution < 1.29 is 4.79 Å². The minimum Gasteiger partial charge on any atom is -0.338 e. The van der Waals surface area contributed by atoms with Gasteiger partial charge in [-0.05, 0) is 24.3 Å². The number of benzene rings is 3. The van der Waals surface area contributed by atoms with Gasteiger partial charge in [0, 0.05) is 21.2 Å². The average Bonchev–Trinajstić information content (AvgIpc) is 3.05. The van der Waals surface area contributed by atoms with Crippen LogP contribution in [0.2, 0.25) is 0 Å². The Balaban J connectivity index is 1.77. The summed E-state index contributed by atoms with van der Waals surface area (Å²) in [6.07, 6.45) is 0. The molecule has 1 heterocycles. The van der Waals surface area contributed by atoms with Gasteiger partial charge in [-0.1, -0.05) is 64.5 Å². The van der Waals surface area contributed by atoms with Crippen molar-refractivity contribution in [1.29, 1.82) is 0 Å². The fraction of sp³-hybridized carbons (Fsp3) is 0. The van der Waals surface area contributed by atoms with E-state index in [-0.39, 0.29) is 5.78 Å². The van der Waals surface area contributed by atoms with Crippen LogP contribution in [0.5, 0.6) is 0 Å². The highest BCUT2D eigenvalue weighted by molar-refractivity contribution is 9.10. The van der Waals surface area contributed by atoms with E-state index in [1.54, 1.807) is 0 Å². The predicted octanol–water partition coefficient (Wildman–Crippen LogP) is 5.22. The lowest BCUT2D eigenvalue weighted by atomic mass is 10.0. The molecular formula is C20H13BrN2O. The summed E-state index contributed by atoms with van der Waals surface area (Å²) >= 11 is 3.54. The molecule has 0 aliphatic carbocycles. The van der Waals surface area contributed by atoms with Crippen molar-refractivity contribution in [3.05, 3.63) is 88.4 Å². The van der Waals surface area contributed by atoms with E-state index in [1.807, 2.05) is 72.8 Å². The van der Waals surface area contributed by atoms with Crippen molar-refractivity contribution >= 4 is 32.7 Å². The van der Waals surface area contributed by atoms with Crippen LogP contribution in [-0.4, -0.2) is 15.8 Å². The topological polar surface area (TPSA) is 45.8 Å². The zero-order chi connectivity index (χ0) is 16.5. The Morgan fingerprint density at radius 1 is 0.875 bits per heavy atom. The molecule has 4 heteroatoms. The van der Waals surface area contributed by atoms with Crippen molar-refractivity contribution in [2.75, 3.05) is 0 Å². The lowest BCUT2D eigenvalue weighted by Crippen LogP contribution is -2.00. The average molecular weight is 377 g/mol. The second-order valence-corrected chi connectivity index (χ2v) is 6.35. The molecule has 0 atom stereocenters. The third kappa shape index (κ3) is 2.65. The van der Waals surface area contributed by atoms with Gasteiger partial charge in [0.2, 0.25) is 0 Å². The van der Waals surface area contributed by atoms with E-state index in [1.165, 1.54) is 0 Å². The third-order valence-electron chi connectivity index (χ3n) is 3.91. The van der Waals surface area contributed by atoms with Crippen molar-refractivity contribution in [1.82, 2.24) is 9.97 Å². The van der Waals surface area contributed by atoms with Gasteiger partial charge in [-0.15, -0.1) is 0 Å². The van der Waals surface area contributed by atoms with Crippen LogP contribution in [0.3, 0.4) is 0 Å². The second kappa shape index (κ2) is 6.06. The number of carbonyl (C=O) groups is 1. The summed E-state index contributed by atoms with van der Waals surface area (Å²) in [4.78, 5) is 20.5. The number of H-pyrrole nitrogens is 1. The Hall–Kier alpha value is -2.72. The molecule has 0 radical (unpaired) electrons. The number of ketones is 1. The van der Waals surface area contributed by atoms with Gasteiger partial charge in [0.05, 0.1) is 11.0 Å². The molecule has 116 valence electrons. The molecular weight excluding hydrogens is 364 g/mol. The normalized spacial score (nSPS) is 10.9. The number of aromatic amines is 1. The number of nitrogens with zero attached hydrogens (tertiary/aromatic N) is 1. The Bertz CT molecular complexity index is 1040. The molecule has 3 nitrogen and oxygen atoms in total. The summed E-state index contributed by atoms with van der Waals surface area (Å²) in [6, 6.07) is 22.8. The van der Waals surface area contributed by atoms with Gasteiger partial charge in [0.25, 0.3) is 0 Å². The highest BCUT2D eigenvalue weighted by Crippen LogP contribution is 2.28. The van der Waals surface area contributed by atoms with Crippen molar-refractivity contribution in [2.24, 2.45) is 0 Å². The molecule has 0 fully saturated rings. The van der Waals surface area contributed by atoms with E-state index in [9.17, 15) is 4.79 Å². The van der Waals surface area contributed by atoms with E-state index in [0.29, 0.717) is 11.1 Å². The van der Waals surface area contributed by atoms with Crippen LogP contribution < -0.4 is 0 Å². The number of hydrogen-bond acceptors (Lipinski definition) is 2. The van der Waals surface area contributed by atoms with E-state index in [2.05, 4.69) is 25.9 Å². The molecule has 1 aromatic heterocycles. The number of fused-ring (bicyclic) bond motifs is 1. The molecule has 4 rings (SSSR count). The van der Waals surface area contributed by atoms with Crippen molar-refractivity contribution in [3.63, 3.8) is 0 Å². The molecule has 0 aliphatic heterocycles. The summed E-state index contributed by atoms with van der Waals surface area (Å²) in [5.74, 6) is 0.788. The first-order valence-electron chi connectivity index (χ1n) is 7.57. The summed E-state index contributed by atoms with van der Waals surface area (Å²) in [5.41, 5.74) is 4.01. The quantitative estimate of drug-likeness (QED) is 0.498. The number of nitrogens with one attached hydrogen (secondary N) is 1. The summed E-state index contributed by atoms with van der Waals surface area (Å²) in [5, 5.41) is 0. The predicted molar refractivity (Wildman–Crippen MR) is 99.1 cm³/mol. The summed E-state index contributed by atoms with van der Waals surface area (Å²) < 4.78 is 0.977. The number of imidazole rings is 1. The lowest BCUT2D eigenvalue weighted by Gasteiger charge is -2.00. The molecule has 0 spiro atoms. The fourth-order valence-corrected chi connectivity index (χ4v) is 3.16. The standard InChI is InChI=1S/C20H13BrN2O/c21-16-9-5-4-8-15(16)20-22-17-11-10-14(12-18(17)23-20)19(24)13-6-2-1-3-7-13/h1-12H,(H,22,23). The van der Waals surface area contributed by atoms with Crippen LogP contribution in [0.1, 0.15) is 15.9 Å². The molecule has 4 aromatic rings. The molecule has 0 amide bonds. The first-order chi connectivity index (χ1) is 11.7. The van der Waals surface area contributed by atoms with Crippen LogP contribution in [0.4, 0.5) is 0 Å². The van der Waals surface area contributed by atoms with Crippen LogP contribution in [-0.2, 0) is 0 Å². The molecule has 0 unspecified atom stereocenters. The van der Waals surface area contributed by atoms with Gasteiger partial charge in [0.15, 0.2) is 5.78 Å². The number of carbonyl (C=O) groups excluding carboxylic acids is 1. The van der Waals surface area contributed by atoms with Gasteiger partial charge >= 0.3 is 0 Å². The first-order valence-corrected chi connectivity index (χ1v) is 8.36. The zero-order valence-electron chi connectivity index (χ0n) is 12.7. The van der Waals surface area contributed by atoms with E-state index in [0.717, 1.165) is 26.9 Å². The lowest BCUT2D eigenvalue weighted by molar-refractivity contribution is 0.103. The monoisotopic (exact) mass is 376 g/mol. The second-order valence-electron chi connectivity index (χ2n) is 5.49. The highest BCUT2D eigenvalue weighted by atomic mass is 79.9. The van der Waals surface area contributed by atoms with Crippen molar-refractivity contribution in [2.45, 2.75) is 0 Å². The Morgan fingerprint density at radius 2 is 1.62 bits per heavy atom. The van der Waals surface area contributed by atoms with E-state index in [4.69, 9.17) is 0 Å². The van der Waals surface area contributed by atoms with Crippen LogP contribution in [0.25, 0.3) is 22.4 Å². The summed E-state index contributed by atoms with van der Waals surface area (Å²) in [7, 11) is 0. The minimum absolute atomic E-state index is 0.00883. The number of aromatic nitrogens is 2. The van der Waals surface area contributed by atoms with E-state index < -0.39 is 0 Å². The highest BCUT2D eigenvalue weighted by Gasteiger charge is 2.12. The Morgan fingerprint density at radius 3 is 2.42 bits per heavy atom. The largest absolute Gasteiger partial charge is 0.338 e. The van der Waals surface area contributed by atoms with Crippen LogP contribution in [0.15, 0.2) is 77.3 Å². The van der Waals surface area contributed by atoms with Gasteiger partial charge in [-0.2, -0.15) is 0 Å². The van der Waals surface area contributed by atoms with Gasteiger partial charge in [-0.25, -0.2) is 4.98 Å². The van der Waals surface area contributed by atoms with Crippen LogP contribution in [0, 0.1) is 0 Å². The zero-order valence-corrected chi connectivity index (χ0v) is 14.2. The van der Waals surface area contributed by atoms with Gasteiger partial charge in [-0.3, -0.25) is 4.79 Å². The maximum Gasteiger partial charge on any atom is 0.193 e. The maximum absolute atomic E-state index is 12.6. The molecule has 1 N–H and O–H groups in total. The van der Waals surface area contributed by atoms with E-state index >= 15 is 0 Å². The molecule has 24 heavy (non-hydrogen) atoms. The third-order valence-corrected chi connectivity index (χ3v) is 4.60. The number of halogens is 1. The number of rotatable bonds is 3. The molecule has 0 saturated heterocycles. The van der Waals surface area contributed by atoms with Crippen LogP contribution >= 0.6 is 15.9 Å². The molecule has 3 aromatic carbocycles. The smallest absolute Gasteiger partial charge is 0.193 e. The fourth-order valence-electron chi connectivity index (χ4n) is 2.69. The van der Waals surface area contributed by atoms with Gasteiger partial charge in [0.1, 0.15) is 5.82 Å². The van der Waals surface area contributed by atoms with Gasteiger partial charge < -0.3 is 4.98 Å². The first kappa shape index (κ1) is 14.8. The summed E-state index contributed by atoms with van der Waals surface area (Å²) in [6.45, 7) is 0. The van der Waals surface area contributed by atoms with Crippen molar-refractivity contribution in [3.8, 4) is 11.4 Å². The minimum atomic E-state index is 0.00883. The number of hydrogen-bond donors (Lipinski definition) is 1.